The van der Waals surface area contributed by atoms with Crippen molar-refractivity contribution in [3.05, 3.63) is 77.7 Å². The minimum absolute atomic E-state index is 0. The topological polar surface area (TPSA) is 121 Å². The van der Waals surface area contributed by atoms with Gasteiger partial charge in [0.2, 0.25) is 11.8 Å². The third-order valence-electron chi connectivity index (χ3n) is 6.00. The van der Waals surface area contributed by atoms with Crippen LogP contribution < -0.4 is 16.4 Å². The quantitative estimate of drug-likeness (QED) is 0.0612. The van der Waals surface area contributed by atoms with Crippen molar-refractivity contribution in [2.45, 2.75) is 44.4 Å². The van der Waals surface area contributed by atoms with Gasteiger partial charge in [0.1, 0.15) is 5.69 Å². The zero-order chi connectivity index (χ0) is 26.6. The molecule has 5 N–H and O–H groups in total. The molecule has 39 heavy (non-hydrogen) atoms. The van der Waals surface area contributed by atoms with Crippen molar-refractivity contribution in [3.63, 3.8) is 0 Å². The molecule has 1 aliphatic rings. The molecular formula is C28H38N6OPS2Tl. The maximum Gasteiger partial charge on any atom is 1.00 e. The third-order valence-corrected chi connectivity index (χ3v) is 10.6. The summed E-state index contributed by atoms with van der Waals surface area (Å²) in [5, 5.41) is 22.0. The molecule has 1 saturated carbocycles. The van der Waals surface area contributed by atoms with Crippen LogP contribution in [-0.2, 0) is 24.8 Å². The monoisotopic (exact) mass is 774 g/mol. The second-order valence-electron chi connectivity index (χ2n) is 8.58. The van der Waals surface area contributed by atoms with Crippen LogP contribution in [-0.4, -0.2) is 74.6 Å². The van der Waals surface area contributed by atoms with Crippen molar-refractivity contribution < 1.29 is 4.74 Å². The smallest absolute Gasteiger partial charge is 0.813 e. The fourth-order valence-electron chi connectivity index (χ4n) is 3.99. The molecular weight excluding hydrogens is 736 g/mol. The molecule has 1 atom stereocenters. The fraction of sp³-hybridized carbons (Fsp3) is 0.357. The molecule has 0 bridgehead atoms. The summed E-state index contributed by atoms with van der Waals surface area (Å²) >= 11 is 2.15. The third kappa shape index (κ3) is 10.9. The van der Waals surface area contributed by atoms with E-state index in [1.165, 1.54) is 44.2 Å². The van der Waals surface area contributed by atoms with E-state index in [0.717, 1.165) is 29.5 Å². The molecule has 0 aliphatic heterocycles. The van der Waals surface area contributed by atoms with Crippen LogP contribution in [0.25, 0.3) is 11.3 Å². The van der Waals surface area contributed by atoms with Gasteiger partial charge in [-0.1, -0.05) is 56.2 Å². The Balaban J connectivity index is 0.00000186. The Bertz CT molecular complexity index is 1160. The van der Waals surface area contributed by atoms with Gasteiger partial charge in [0.05, 0.1) is 18.1 Å². The predicted octanol–water partition coefficient (Wildman–Crippen LogP) is 4.87. The van der Waals surface area contributed by atoms with Crippen molar-refractivity contribution in [2.75, 3.05) is 20.3 Å². The summed E-state index contributed by atoms with van der Waals surface area (Å²) in [4.78, 5) is 8.85. The van der Waals surface area contributed by atoms with Gasteiger partial charge in [-0.05, 0) is 63.2 Å². The van der Waals surface area contributed by atoms with Gasteiger partial charge in [0.15, 0.2) is 0 Å². The van der Waals surface area contributed by atoms with Crippen LogP contribution in [0.3, 0.4) is 0 Å². The van der Waals surface area contributed by atoms with E-state index in [1.807, 2.05) is 24.3 Å². The zero-order valence-corrected chi connectivity index (χ0v) is 29.9. The number of hydrogen-bond donors (Lipinski definition) is 4. The Morgan fingerprint density at radius 1 is 1.03 bits per heavy atom. The van der Waals surface area contributed by atoms with Gasteiger partial charge in [0.25, 0.3) is 0 Å². The van der Waals surface area contributed by atoms with E-state index in [1.54, 1.807) is 6.20 Å². The molecule has 1 unspecified atom stereocenters. The molecule has 1 aromatic heterocycles. The molecule has 0 radical (unpaired) electrons. The first-order chi connectivity index (χ1) is 18.0. The van der Waals surface area contributed by atoms with Crippen LogP contribution >= 0.6 is 18.5 Å². The maximum atomic E-state index is 8.32. The summed E-state index contributed by atoms with van der Waals surface area (Å²) < 4.78 is 5.50. The van der Waals surface area contributed by atoms with E-state index < -0.39 is 0 Å². The van der Waals surface area contributed by atoms with Gasteiger partial charge in [-0.3, -0.25) is 15.8 Å². The van der Waals surface area contributed by atoms with Gasteiger partial charge in [-0.2, -0.15) is 0 Å². The molecule has 0 amide bonds. The predicted molar refractivity (Wildman–Crippen MR) is 173 cm³/mol. The summed E-state index contributed by atoms with van der Waals surface area (Å²) in [5.74, 6) is -0.277. The van der Waals surface area contributed by atoms with Crippen LogP contribution in [0.1, 0.15) is 49.4 Å². The summed E-state index contributed by atoms with van der Waals surface area (Å²) in [7, 11) is 1.28. The molecule has 206 valence electrons. The van der Waals surface area contributed by atoms with Crippen molar-refractivity contribution in [1.29, 1.82) is 10.8 Å². The molecule has 11 heteroatoms. The normalized spacial score (nSPS) is 13.2. The second-order valence-corrected chi connectivity index (χ2v) is 13.2. The van der Waals surface area contributed by atoms with E-state index in [0.29, 0.717) is 17.0 Å². The van der Waals surface area contributed by atoms with Crippen molar-refractivity contribution >= 4 is 76.4 Å². The average Bonchev–Trinajstić information content (AvgIpc) is 3.46. The van der Waals surface area contributed by atoms with E-state index >= 15 is 0 Å². The Kier molecular flexibility index (Phi) is 17.3. The average molecular weight is 774 g/mol. The van der Waals surface area contributed by atoms with E-state index in [-0.39, 0.29) is 59.7 Å². The van der Waals surface area contributed by atoms with Crippen LogP contribution in [0.5, 0.6) is 0 Å². The first-order valence-corrected chi connectivity index (χ1v) is 15.9. The van der Waals surface area contributed by atoms with Crippen molar-refractivity contribution in [2.24, 2.45) is 5.73 Å². The Morgan fingerprint density at radius 3 is 2.28 bits per heavy atom. The SMILES string of the molecule is CCNCc1ccc(C(=N)OC(=N)c2cncc(-c3ccc(P(C)SC4CCCC4)cc3)n2)cc1.CN.[SH-].[Tl+]. The van der Waals surface area contributed by atoms with Crippen LogP contribution in [0, 0.1) is 10.8 Å². The number of nitrogens with one attached hydrogen (secondary N) is 3. The number of nitrogens with zero attached hydrogens (tertiary/aromatic N) is 2. The summed E-state index contributed by atoms with van der Waals surface area (Å²) in [5.41, 5.74) is 8.19. The first kappa shape index (κ1) is 35.7. The molecule has 4 rings (SSSR count). The van der Waals surface area contributed by atoms with E-state index in [4.69, 9.17) is 15.6 Å². The summed E-state index contributed by atoms with van der Waals surface area (Å²) in [6.07, 6.45) is 8.64. The molecule has 3 aromatic rings. The van der Waals surface area contributed by atoms with Crippen molar-refractivity contribution in [3.8, 4) is 11.3 Å². The number of rotatable bonds is 9. The van der Waals surface area contributed by atoms with Crippen molar-refractivity contribution in [1.82, 2.24) is 15.3 Å². The maximum absolute atomic E-state index is 8.32. The van der Waals surface area contributed by atoms with Gasteiger partial charge < -0.3 is 29.3 Å². The van der Waals surface area contributed by atoms with E-state index in [2.05, 4.69) is 70.3 Å². The molecule has 0 spiro atoms. The van der Waals surface area contributed by atoms with Crippen LogP contribution in [0.2, 0.25) is 0 Å². The summed E-state index contributed by atoms with van der Waals surface area (Å²) in [6, 6.07) is 16.1. The standard InChI is InChI=1S/C27H32N5OPS.CH5N.H2S.Tl/c1-3-30-16-19-8-10-21(11-9-19)26(28)33-27(29)25-18-31-17-24(32-25)20-12-14-22(15-13-20)34(2)35-23-6-4-5-7-23;1-2;;/h8-15,17-18,23,28-30H,3-7,16H2,1-2H3;2H2,1H3;1H2;/q;;;+1/p-1. The first-order valence-electron chi connectivity index (χ1n) is 12.6. The molecule has 1 aliphatic carbocycles. The largest absolute Gasteiger partial charge is 1.00 e. The fourth-order valence-corrected chi connectivity index (χ4v) is 8.38. The minimum atomic E-state index is -0.223. The molecule has 0 saturated heterocycles. The molecule has 1 heterocycles. The minimum Gasteiger partial charge on any atom is -0.813 e. The molecule has 1 fully saturated rings. The Hall–Kier alpha value is -1.37. The van der Waals surface area contributed by atoms with Gasteiger partial charge in [-0.15, -0.1) is 11.4 Å². The number of benzene rings is 2. The molecule has 7 nitrogen and oxygen atoms in total. The summed E-state index contributed by atoms with van der Waals surface area (Å²) in [6.45, 7) is 6.09. The van der Waals surface area contributed by atoms with Crippen LogP contribution in [0.15, 0.2) is 60.9 Å². The second kappa shape index (κ2) is 18.9. The number of hydrogen-bond acceptors (Lipinski definition) is 9. The number of ether oxygens (including phenoxy) is 1. The zero-order valence-electron chi connectivity index (χ0n) is 22.9. The Morgan fingerprint density at radius 2 is 1.67 bits per heavy atom. The number of nitrogens with two attached hydrogens (primary N) is 1. The van der Waals surface area contributed by atoms with Gasteiger partial charge in [-0.25, -0.2) is 4.98 Å². The Labute approximate surface area is 265 Å². The molecule has 2 aromatic carbocycles. The van der Waals surface area contributed by atoms with E-state index in [9.17, 15) is 0 Å². The number of aromatic nitrogens is 2. The van der Waals surface area contributed by atoms with Crippen LogP contribution in [0.4, 0.5) is 0 Å². The van der Waals surface area contributed by atoms with Gasteiger partial charge in [0, 0.05) is 22.9 Å². The van der Waals surface area contributed by atoms with Gasteiger partial charge >= 0.3 is 27.3 Å². The number of thiol groups is 1.